The maximum atomic E-state index is 13.7. The summed E-state index contributed by atoms with van der Waals surface area (Å²) in [5.41, 5.74) is 0.502. The van der Waals surface area contributed by atoms with Crippen molar-refractivity contribution < 1.29 is 14.3 Å². The number of carbonyl (C=O) groups is 2. The fourth-order valence-electron chi connectivity index (χ4n) is 3.61. The van der Waals surface area contributed by atoms with Crippen LogP contribution >= 0.6 is 0 Å². The predicted octanol–water partition coefficient (Wildman–Crippen LogP) is 1.96. The van der Waals surface area contributed by atoms with E-state index in [0.29, 0.717) is 35.2 Å². The Morgan fingerprint density at radius 3 is 2.57 bits per heavy atom. The highest BCUT2D eigenvalue weighted by molar-refractivity contribution is 6.13. The van der Waals surface area contributed by atoms with Crippen LogP contribution in [0.1, 0.15) is 23.8 Å². The van der Waals surface area contributed by atoms with Crippen LogP contribution < -0.4 is 20.5 Å². The van der Waals surface area contributed by atoms with Crippen LogP contribution in [0.15, 0.2) is 53.3 Å². The fourth-order valence-corrected chi connectivity index (χ4v) is 3.61. The minimum Gasteiger partial charge on any atom is -0.477 e. The maximum absolute atomic E-state index is 13.7. The normalized spacial score (nSPS) is 15.4. The smallest absolute Gasteiger partial charge is 0.279 e. The summed E-state index contributed by atoms with van der Waals surface area (Å²) in [6.45, 7) is 2.39. The molecule has 1 N–H and O–H groups in total. The second-order valence-electron chi connectivity index (χ2n) is 7.03. The number of anilines is 1. The van der Waals surface area contributed by atoms with E-state index in [-0.39, 0.29) is 29.6 Å². The van der Waals surface area contributed by atoms with Crippen molar-refractivity contribution in [2.24, 2.45) is 0 Å². The number of hydrogen-bond acceptors (Lipinski definition) is 5. The molecule has 8 nitrogen and oxygen atoms in total. The molecule has 0 fully saturated rings. The first-order valence-electron chi connectivity index (χ1n) is 9.84. The van der Waals surface area contributed by atoms with Gasteiger partial charge in [-0.15, -0.1) is 0 Å². The molecule has 0 bridgehead atoms. The SMILES string of the molecule is CCCn1nc(C(=O)N2CC(C(=O)NC)Oc3ccccc32)c2ccccc2c1=O. The van der Waals surface area contributed by atoms with Crippen molar-refractivity contribution in [3.05, 3.63) is 64.6 Å². The number of carbonyl (C=O) groups excluding carboxylic acids is 2. The Hall–Kier alpha value is -3.68. The predicted molar refractivity (Wildman–Crippen MR) is 113 cm³/mol. The molecule has 30 heavy (non-hydrogen) atoms. The van der Waals surface area contributed by atoms with E-state index in [2.05, 4.69) is 10.4 Å². The second-order valence-corrected chi connectivity index (χ2v) is 7.03. The third kappa shape index (κ3) is 3.30. The van der Waals surface area contributed by atoms with Gasteiger partial charge in [0, 0.05) is 19.0 Å². The van der Waals surface area contributed by atoms with Gasteiger partial charge in [-0.1, -0.05) is 37.3 Å². The molecular weight excluding hydrogens is 384 g/mol. The molecule has 1 unspecified atom stereocenters. The molecule has 2 amide bonds. The third-order valence-corrected chi connectivity index (χ3v) is 5.06. The molecule has 0 spiro atoms. The van der Waals surface area contributed by atoms with E-state index in [1.807, 2.05) is 6.92 Å². The number of nitrogens with zero attached hydrogens (tertiary/aromatic N) is 3. The molecule has 0 radical (unpaired) electrons. The van der Waals surface area contributed by atoms with Gasteiger partial charge in [0.2, 0.25) is 0 Å². The summed E-state index contributed by atoms with van der Waals surface area (Å²) in [5.74, 6) is -0.270. The van der Waals surface area contributed by atoms with Gasteiger partial charge in [0.1, 0.15) is 5.75 Å². The zero-order valence-corrected chi connectivity index (χ0v) is 16.8. The van der Waals surface area contributed by atoms with E-state index >= 15 is 0 Å². The molecule has 0 aliphatic carbocycles. The zero-order chi connectivity index (χ0) is 21.3. The van der Waals surface area contributed by atoms with Crippen molar-refractivity contribution in [1.29, 1.82) is 0 Å². The third-order valence-electron chi connectivity index (χ3n) is 5.06. The number of ether oxygens (including phenoxy) is 1. The van der Waals surface area contributed by atoms with Crippen LogP contribution in [0, 0.1) is 0 Å². The van der Waals surface area contributed by atoms with Crippen molar-refractivity contribution in [3.63, 3.8) is 0 Å². The number of aryl methyl sites for hydroxylation is 1. The summed E-state index contributed by atoms with van der Waals surface area (Å²) in [6.07, 6.45) is -0.139. The Bertz CT molecular complexity index is 1190. The molecule has 1 atom stereocenters. The van der Waals surface area contributed by atoms with E-state index in [9.17, 15) is 14.4 Å². The van der Waals surface area contributed by atoms with E-state index in [4.69, 9.17) is 4.74 Å². The molecule has 3 aromatic rings. The summed E-state index contributed by atoms with van der Waals surface area (Å²) in [5, 5.41) is 7.89. The quantitative estimate of drug-likeness (QED) is 0.715. The number of fused-ring (bicyclic) bond motifs is 2. The second kappa shape index (κ2) is 7.98. The van der Waals surface area contributed by atoms with Gasteiger partial charge in [-0.3, -0.25) is 19.3 Å². The molecule has 2 heterocycles. The van der Waals surface area contributed by atoms with Gasteiger partial charge >= 0.3 is 0 Å². The molecule has 8 heteroatoms. The number of likely N-dealkylation sites (N-methyl/N-ethyl adjacent to an activating group) is 1. The monoisotopic (exact) mass is 406 g/mol. The highest BCUT2D eigenvalue weighted by Gasteiger charge is 2.35. The minimum atomic E-state index is -0.846. The van der Waals surface area contributed by atoms with Gasteiger partial charge in [-0.2, -0.15) is 5.10 Å². The summed E-state index contributed by atoms with van der Waals surface area (Å²) in [7, 11) is 1.52. The first kappa shape index (κ1) is 19.6. The molecular formula is C22H22N4O4. The number of nitrogens with one attached hydrogen (secondary N) is 1. The minimum absolute atomic E-state index is 0.0401. The summed E-state index contributed by atoms with van der Waals surface area (Å²) in [6, 6.07) is 14.0. The lowest BCUT2D eigenvalue weighted by atomic mass is 10.1. The summed E-state index contributed by atoms with van der Waals surface area (Å²) >= 11 is 0. The number of benzene rings is 2. The van der Waals surface area contributed by atoms with Crippen molar-refractivity contribution in [3.8, 4) is 5.75 Å². The van der Waals surface area contributed by atoms with Gasteiger partial charge in [0.15, 0.2) is 11.8 Å². The number of amides is 2. The molecule has 1 aliphatic heterocycles. The van der Waals surface area contributed by atoms with E-state index in [1.54, 1.807) is 48.5 Å². The number of rotatable bonds is 4. The van der Waals surface area contributed by atoms with Crippen LogP contribution in [-0.4, -0.2) is 41.3 Å². The largest absolute Gasteiger partial charge is 0.477 e. The molecule has 0 saturated carbocycles. The lowest BCUT2D eigenvalue weighted by Crippen LogP contribution is -2.50. The Kier molecular flexibility index (Phi) is 5.22. The fraction of sp³-hybridized carbons (Fsp3) is 0.273. The molecule has 1 aromatic heterocycles. The Balaban J connectivity index is 1.86. The number of hydrogen-bond donors (Lipinski definition) is 1. The Labute approximate surface area is 173 Å². The van der Waals surface area contributed by atoms with E-state index < -0.39 is 6.10 Å². The van der Waals surface area contributed by atoms with Crippen molar-refractivity contribution in [2.45, 2.75) is 26.0 Å². The molecule has 0 saturated heterocycles. The average molecular weight is 406 g/mol. The first-order chi connectivity index (χ1) is 14.5. The first-order valence-corrected chi connectivity index (χ1v) is 9.84. The Morgan fingerprint density at radius 1 is 1.13 bits per heavy atom. The number of para-hydroxylation sites is 2. The number of aromatic nitrogens is 2. The van der Waals surface area contributed by atoms with Crippen LogP contribution in [0.2, 0.25) is 0 Å². The van der Waals surface area contributed by atoms with Gasteiger partial charge in [0.25, 0.3) is 17.4 Å². The van der Waals surface area contributed by atoms with Gasteiger partial charge in [-0.25, -0.2) is 4.68 Å². The lowest BCUT2D eigenvalue weighted by Gasteiger charge is -2.34. The van der Waals surface area contributed by atoms with Crippen LogP contribution in [-0.2, 0) is 11.3 Å². The maximum Gasteiger partial charge on any atom is 0.279 e. The average Bonchev–Trinajstić information content (AvgIpc) is 2.79. The van der Waals surface area contributed by atoms with Crippen LogP contribution in [0.4, 0.5) is 5.69 Å². The topological polar surface area (TPSA) is 93.5 Å². The summed E-state index contributed by atoms with van der Waals surface area (Å²) in [4.78, 5) is 40.1. The van der Waals surface area contributed by atoms with Crippen LogP contribution in [0.25, 0.3) is 10.8 Å². The van der Waals surface area contributed by atoms with Crippen LogP contribution in [0.5, 0.6) is 5.75 Å². The standard InChI is InChI=1S/C22H22N4O4/c1-3-12-26-21(28)15-9-5-4-8-14(15)19(24-26)22(29)25-13-18(20(27)23-2)30-17-11-7-6-10-16(17)25/h4-11,18H,3,12-13H2,1-2H3,(H,23,27). The van der Waals surface area contributed by atoms with Crippen molar-refractivity contribution in [1.82, 2.24) is 15.1 Å². The zero-order valence-electron chi connectivity index (χ0n) is 16.8. The highest BCUT2D eigenvalue weighted by atomic mass is 16.5. The lowest BCUT2D eigenvalue weighted by molar-refractivity contribution is -0.127. The molecule has 1 aliphatic rings. The van der Waals surface area contributed by atoms with Crippen molar-refractivity contribution in [2.75, 3.05) is 18.5 Å². The highest BCUT2D eigenvalue weighted by Crippen LogP contribution is 2.34. The van der Waals surface area contributed by atoms with Gasteiger partial charge in [-0.05, 0) is 24.6 Å². The van der Waals surface area contributed by atoms with E-state index in [0.717, 1.165) is 0 Å². The van der Waals surface area contributed by atoms with E-state index in [1.165, 1.54) is 16.6 Å². The Morgan fingerprint density at radius 2 is 1.83 bits per heavy atom. The van der Waals surface area contributed by atoms with Crippen LogP contribution in [0.3, 0.4) is 0 Å². The summed E-state index contributed by atoms with van der Waals surface area (Å²) < 4.78 is 7.12. The van der Waals surface area contributed by atoms with Crippen molar-refractivity contribution >= 4 is 28.3 Å². The van der Waals surface area contributed by atoms with Gasteiger partial charge < -0.3 is 10.1 Å². The molecule has 154 valence electrons. The van der Waals surface area contributed by atoms with Gasteiger partial charge in [0.05, 0.1) is 17.6 Å². The molecule has 4 rings (SSSR count). The molecule has 2 aromatic carbocycles.